The van der Waals surface area contributed by atoms with Crippen LogP contribution >= 0.6 is 11.8 Å². The van der Waals surface area contributed by atoms with Crippen molar-refractivity contribution < 1.29 is 49.4 Å². The summed E-state index contributed by atoms with van der Waals surface area (Å²) in [5.41, 5.74) is 1.55. The van der Waals surface area contributed by atoms with E-state index < -0.39 is 58.9 Å². The lowest BCUT2D eigenvalue weighted by atomic mass is 10.1. The number of halogens is 8. The first-order valence-electron chi connectivity index (χ1n) is 13.2. The molecule has 46 heavy (non-hydrogen) atoms. The van der Waals surface area contributed by atoms with E-state index >= 15 is 0 Å². The zero-order valence-electron chi connectivity index (χ0n) is 23.5. The largest absolute Gasteiger partial charge is 0.573 e. The molecular formula is C26H24F8N8O3S. The molecule has 20 heteroatoms. The molecule has 0 fully saturated rings. The second-order valence-corrected chi connectivity index (χ2v) is 11.6. The van der Waals surface area contributed by atoms with Gasteiger partial charge in [0.15, 0.2) is 10.9 Å². The molecule has 0 aliphatic carbocycles. The van der Waals surface area contributed by atoms with E-state index in [9.17, 15) is 44.7 Å². The lowest BCUT2D eigenvalue weighted by molar-refractivity contribution is -0.274. The van der Waals surface area contributed by atoms with E-state index in [1.165, 1.54) is 6.20 Å². The normalized spacial score (nSPS) is 17.2. The number of nitrogens with zero attached hydrogens (tertiary/aromatic N) is 5. The van der Waals surface area contributed by atoms with Crippen LogP contribution in [0, 0.1) is 5.82 Å². The van der Waals surface area contributed by atoms with E-state index in [0.717, 1.165) is 46.8 Å². The Labute approximate surface area is 259 Å². The van der Waals surface area contributed by atoms with E-state index in [0.29, 0.717) is 6.20 Å². The average Bonchev–Trinajstić information content (AvgIpc) is 3.58. The molecule has 3 heterocycles. The van der Waals surface area contributed by atoms with Crippen LogP contribution in [0.1, 0.15) is 47.1 Å². The van der Waals surface area contributed by atoms with Gasteiger partial charge in [-0.1, -0.05) is 17.0 Å². The number of nitrogens with one attached hydrogen (secondary N) is 3. The zero-order chi connectivity index (χ0) is 33.7. The van der Waals surface area contributed by atoms with E-state index in [-0.39, 0.29) is 48.1 Å². The van der Waals surface area contributed by atoms with Gasteiger partial charge >= 0.3 is 12.5 Å². The Bertz CT molecular complexity index is 1580. The minimum atomic E-state index is -4.99. The molecule has 0 saturated heterocycles. The second kappa shape index (κ2) is 13.9. The number of carbonyl (C=O) groups is 2. The molecule has 3 aromatic rings. The molecule has 0 saturated carbocycles. The van der Waals surface area contributed by atoms with Gasteiger partial charge in [0.2, 0.25) is 5.91 Å². The van der Waals surface area contributed by atoms with Crippen LogP contribution in [0.4, 0.5) is 35.1 Å². The molecule has 248 valence electrons. The summed E-state index contributed by atoms with van der Waals surface area (Å²) in [5, 5.41) is 16.3. The number of amidine groups is 1. The van der Waals surface area contributed by atoms with Crippen LogP contribution < -0.4 is 20.8 Å². The van der Waals surface area contributed by atoms with Crippen LogP contribution in [-0.2, 0) is 30.5 Å². The maximum absolute atomic E-state index is 14.8. The first kappa shape index (κ1) is 34.4. The van der Waals surface area contributed by atoms with Gasteiger partial charge in [-0.2, -0.15) is 18.3 Å². The Morgan fingerprint density at radius 3 is 2.59 bits per heavy atom. The fourth-order valence-corrected chi connectivity index (χ4v) is 4.98. The lowest BCUT2D eigenvalue weighted by Crippen LogP contribution is -2.34. The van der Waals surface area contributed by atoms with Gasteiger partial charge in [-0.05, 0) is 50.1 Å². The van der Waals surface area contributed by atoms with Gasteiger partial charge in [0.1, 0.15) is 22.6 Å². The SMILES string of the molecule is CC1(CCC(F)Cn2cc(C(=O)NCc3ccc(C(F)(F)F)cn3)nn2)NN=C(NC(=O)Cc2cc(OC(F)(F)F)ccc2F)S1. The number of hydrogen-bond acceptors (Lipinski definition) is 9. The summed E-state index contributed by atoms with van der Waals surface area (Å²) < 4.78 is 109. The van der Waals surface area contributed by atoms with Gasteiger partial charge in [-0.15, -0.1) is 18.3 Å². The highest BCUT2D eigenvalue weighted by molar-refractivity contribution is 8.15. The third kappa shape index (κ3) is 10.0. The van der Waals surface area contributed by atoms with Crippen molar-refractivity contribution in [3.63, 3.8) is 0 Å². The van der Waals surface area contributed by atoms with Crippen LogP contribution in [0.5, 0.6) is 5.75 Å². The fourth-order valence-electron chi connectivity index (χ4n) is 3.98. The Hall–Kier alpha value is -4.49. The third-order valence-electron chi connectivity index (χ3n) is 6.24. The average molecular weight is 681 g/mol. The summed E-state index contributed by atoms with van der Waals surface area (Å²) in [6, 6.07) is 4.25. The summed E-state index contributed by atoms with van der Waals surface area (Å²) in [6.45, 7) is 1.26. The Balaban J connectivity index is 1.19. The molecule has 11 nitrogen and oxygen atoms in total. The molecule has 0 radical (unpaired) electrons. The summed E-state index contributed by atoms with van der Waals surface area (Å²) in [7, 11) is 0. The molecule has 2 atom stereocenters. The number of pyridine rings is 1. The van der Waals surface area contributed by atoms with Crippen molar-refractivity contribution in [3.8, 4) is 5.75 Å². The van der Waals surface area contributed by atoms with Crippen LogP contribution in [0.15, 0.2) is 47.8 Å². The summed E-state index contributed by atoms with van der Waals surface area (Å²) in [6.07, 6.45) is -9.53. The minimum absolute atomic E-state index is 0.00850. The molecular weight excluding hydrogens is 656 g/mol. The molecule has 1 aromatic carbocycles. The molecule has 0 spiro atoms. The monoisotopic (exact) mass is 680 g/mol. The van der Waals surface area contributed by atoms with Crippen molar-refractivity contribution in [1.82, 2.24) is 36.0 Å². The highest BCUT2D eigenvalue weighted by Crippen LogP contribution is 2.33. The van der Waals surface area contributed by atoms with E-state index in [1.54, 1.807) is 6.92 Å². The van der Waals surface area contributed by atoms with Crippen molar-refractivity contribution in [1.29, 1.82) is 0 Å². The second-order valence-electron chi connectivity index (χ2n) is 10.1. The number of amides is 2. The predicted octanol–water partition coefficient (Wildman–Crippen LogP) is 4.46. The van der Waals surface area contributed by atoms with Crippen LogP contribution in [-0.4, -0.2) is 54.4 Å². The number of hydrazone groups is 1. The number of hydrogen-bond donors (Lipinski definition) is 3. The first-order valence-corrected chi connectivity index (χ1v) is 14.0. The molecule has 2 amide bonds. The number of aromatic nitrogens is 4. The van der Waals surface area contributed by atoms with Crippen molar-refractivity contribution in [2.24, 2.45) is 5.10 Å². The minimum Gasteiger partial charge on any atom is -0.406 e. The number of rotatable bonds is 11. The zero-order valence-corrected chi connectivity index (χ0v) is 24.4. The maximum Gasteiger partial charge on any atom is 0.573 e. The molecule has 0 bridgehead atoms. The van der Waals surface area contributed by atoms with Gasteiger partial charge < -0.3 is 15.4 Å². The highest BCUT2D eigenvalue weighted by atomic mass is 32.2. The Morgan fingerprint density at radius 2 is 1.91 bits per heavy atom. The van der Waals surface area contributed by atoms with Crippen molar-refractivity contribution >= 4 is 28.7 Å². The highest BCUT2D eigenvalue weighted by Gasteiger charge is 2.34. The molecule has 3 N–H and O–H groups in total. The van der Waals surface area contributed by atoms with Gasteiger partial charge in [-0.25, -0.2) is 13.5 Å². The number of carbonyl (C=O) groups excluding carboxylic acids is 2. The van der Waals surface area contributed by atoms with E-state index in [2.05, 4.69) is 41.2 Å². The van der Waals surface area contributed by atoms with Crippen LogP contribution in [0.25, 0.3) is 0 Å². The smallest absolute Gasteiger partial charge is 0.406 e. The van der Waals surface area contributed by atoms with E-state index in [1.807, 2.05) is 0 Å². The van der Waals surface area contributed by atoms with Crippen molar-refractivity contribution in [3.05, 3.63) is 71.1 Å². The maximum atomic E-state index is 14.8. The third-order valence-corrected chi connectivity index (χ3v) is 7.37. The standard InChI is InChI=1S/C26H24F8N8O3S/c1-24(40-39-23(46-24)37-21(43)9-14-8-18(4-5-19(14)28)45-26(32,33)34)7-6-16(27)12-42-13-20(38-41-42)22(44)36-11-17-3-2-15(10-35-17)25(29,30)31/h2-5,8,10,13,16,40H,6-7,9,11-12H2,1H3,(H,36,44)(H,37,39,43). The van der Waals surface area contributed by atoms with Gasteiger partial charge in [0.05, 0.1) is 37.0 Å². The summed E-state index contributed by atoms with van der Waals surface area (Å²) in [5.74, 6) is -3.04. The predicted molar refractivity (Wildman–Crippen MR) is 146 cm³/mol. The number of alkyl halides is 7. The number of ether oxygens (including phenoxy) is 1. The van der Waals surface area contributed by atoms with Crippen LogP contribution in [0.2, 0.25) is 0 Å². The van der Waals surface area contributed by atoms with Crippen LogP contribution in [0.3, 0.4) is 0 Å². The topological polar surface area (TPSA) is 135 Å². The van der Waals surface area contributed by atoms with Gasteiger partial charge in [0.25, 0.3) is 5.91 Å². The van der Waals surface area contributed by atoms with E-state index in [4.69, 9.17) is 0 Å². The molecule has 4 rings (SSSR count). The fraction of sp³-hybridized carbons (Fsp3) is 0.385. The Morgan fingerprint density at radius 1 is 1.15 bits per heavy atom. The molecule has 2 aromatic heterocycles. The first-order chi connectivity index (χ1) is 21.5. The van der Waals surface area contributed by atoms with Gasteiger partial charge in [-0.3, -0.25) is 20.0 Å². The molecule has 2 unspecified atom stereocenters. The summed E-state index contributed by atoms with van der Waals surface area (Å²) in [4.78, 5) is 27.5. The molecule has 1 aliphatic rings. The van der Waals surface area contributed by atoms with Crippen molar-refractivity contribution in [2.75, 3.05) is 0 Å². The van der Waals surface area contributed by atoms with Gasteiger partial charge in [0, 0.05) is 11.8 Å². The number of thioether (sulfide) groups is 1. The quantitative estimate of drug-likeness (QED) is 0.253. The number of benzene rings is 1. The molecule has 1 aliphatic heterocycles. The lowest BCUT2D eigenvalue weighted by Gasteiger charge is -2.23. The Kier molecular flexibility index (Phi) is 10.4. The van der Waals surface area contributed by atoms with Crippen molar-refractivity contribution in [2.45, 2.75) is 62.9 Å². The summed E-state index contributed by atoms with van der Waals surface area (Å²) >= 11 is 1.05.